The summed E-state index contributed by atoms with van der Waals surface area (Å²) < 4.78 is 54.4. The van der Waals surface area contributed by atoms with Crippen molar-refractivity contribution in [3.05, 3.63) is 51.9 Å². The van der Waals surface area contributed by atoms with Crippen LogP contribution >= 0.6 is 0 Å². The second kappa shape index (κ2) is 9.17. The summed E-state index contributed by atoms with van der Waals surface area (Å²) in [4.78, 5) is 30.2. The largest absolute Gasteiger partial charge is 0.370 e. The molecule has 1 saturated heterocycles. The fraction of sp³-hybridized carbons (Fsp3) is 0.478. The van der Waals surface area contributed by atoms with Crippen molar-refractivity contribution in [2.45, 2.75) is 44.1 Å². The smallest absolute Gasteiger partial charge is 0.262 e. The number of hydrogen-bond acceptors (Lipinski definition) is 4. The lowest BCUT2D eigenvalue weighted by Gasteiger charge is -2.35. The summed E-state index contributed by atoms with van der Waals surface area (Å²) in [5, 5.41) is 2.51. The van der Waals surface area contributed by atoms with Crippen LogP contribution in [0.15, 0.2) is 29.2 Å². The Labute approximate surface area is 188 Å². The van der Waals surface area contributed by atoms with Gasteiger partial charge in [0, 0.05) is 49.8 Å². The molecule has 1 aliphatic heterocycles. The molecule has 1 unspecified atom stereocenters. The van der Waals surface area contributed by atoms with E-state index >= 15 is 0 Å². The van der Waals surface area contributed by atoms with E-state index in [1.165, 1.54) is 6.20 Å². The van der Waals surface area contributed by atoms with Gasteiger partial charge in [-0.2, -0.15) is 0 Å². The summed E-state index contributed by atoms with van der Waals surface area (Å²) in [7, 11) is 0. The van der Waals surface area contributed by atoms with E-state index in [4.69, 9.17) is 5.73 Å². The second-order valence-corrected chi connectivity index (χ2v) is 8.88. The number of benzene rings is 1. The summed E-state index contributed by atoms with van der Waals surface area (Å²) in [5.74, 6) is -4.93. The fourth-order valence-electron chi connectivity index (χ4n) is 4.69. The van der Waals surface area contributed by atoms with Crippen molar-refractivity contribution in [2.24, 2.45) is 11.7 Å². The van der Waals surface area contributed by atoms with Gasteiger partial charge in [0.05, 0.1) is 5.69 Å². The first-order valence-corrected chi connectivity index (χ1v) is 11.0. The van der Waals surface area contributed by atoms with Gasteiger partial charge in [-0.1, -0.05) is 0 Å². The van der Waals surface area contributed by atoms with E-state index in [0.29, 0.717) is 19.6 Å². The molecular weight excluding hydrogens is 440 g/mol. The standard InChI is InChI=1S/C23H26F4N4O2/c24-15-6-14(7-16(25)8-15)18-11-29-21(32)19(22(33)30-17-9-23(26,27)10-17)20(18)31-5-3-13(12-31)2-1-4-28/h6-8,11,13,17H,1-5,9-10,12,28H2,(H,29,32)(H,30,33). The number of amides is 1. The van der Waals surface area contributed by atoms with Crippen molar-refractivity contribution >= 4 is 11.6 Å². The van der Waals surface area contributed by atoms with Crippen LogP contribution in [0.2, 0.25) is 0 Å². The van der Waals surface area contributed by atoms with Gasteiger partial charge in [0.2, 0.25) is 0 Å². The number of carbonyl (C=O) groups excluding carboxylic acids is 1. The Morgan fingerprint density at radius 1 is 1.21 bits per heavy atom. The lowest BCUT2D eigenvalue weighted by atomic mass is 9.88. The first-order chi connectivity index (χ1) is 15.7. The van der Waals surface area contributed by atoms with E-state index in [1.807, 2.05) is 4.90 Å². The van der Waals surface area contributed by atoms with Crippen molar-refractivity contribution in [2.75, 3.05) is 24.5 Å². The molecule has 178 valence electrons. The zero-order chi connectivity index (χ0) is 23.8. The minimum Gasteiger partial charge on any atom is -0.370 e. The summed E-state index contributed by atoms with van der Waals surface area (Å²) in [6, 6.07) is 2.23. The lowest BCUT2D eigenvalue weighted by molar-refractivity contribution is -0.0901. The molecule has 2 aromatic rings. The van der Waals surface area contributed by atoms with Crippen molar-refractivity contribution in [1.82, 2.24) is 10.3 Å². The fourth-order valence-corrected chi connectivity index (χ4v) is 4.69. The van der Waals surface area contributed by atoms with E-state index in [2.05, 4.69) is 10.3 Å². The molecule has 1 aromatic heterocycles. The van der Waals surface area contributed by atoms with Crippen LogP contribution in [0.1, 0.15) is 42.5 Å². The van der Waals surface area contributed by atoms with E-state index in [-0.39, 0.29) is 28.3 Å². The summed E-state index contributed by atoms with van der Waals surface area (Å²) in [6.45, 7) is 1.62. The number of nitrogens with zero attached hydrogens (tertiary/aromatic N) is 1. The Kier molecular flexibility index (Phi) is 6.47. The quantitative estimate of drug-likeness (QED) is 0.546. The summed E-state index contributed by atoms with van der Waals surface area (Å²) in [5.41, 5.74) is 5.38. The number of hydrogen-bond donors (Lipinski definition) is 3. The van der Waals surface area contributed by atoms with Crippen LogP contribution in [0, 0.1) is 17.6 Å². The molecule has 0 spiro atoms. The third kappa shape index (κ3) is 5.05. The Morgan fingerprint density at radius 3 is 2.55 bits per heavy atom. The number of anilines is 1. The first kappa shape index (κ1) is 23.3. The number of H-pyrrole nitrogens is 1. The van der Waals surface area contributed by atoms with Crippen molar-refractivity contribution in [3.8, 4) is 11.1 Å². The molecule has 1 aromatic carbocycles. The first-order valence-electron chi connectivity index (χ1n) is 11.0. The second-order valence-electron chi connectivity index (χ2n) is 8.88. The topological polar surface area (TPSA) is 91.2 Å². The number of carbonyl (C=O) groups is 1. The SMILES string of the molecule is NCCCC1CCN(c2c(-c3cc(F)cc(F)c3)c[nH]c(=O)c2C(=O)NC2CC(F)(F)C2)C1. The molecule has 33 heavy (non-hydrogen) atoms. The number of rotatable bonds is 7. The van der Waals surface area contributed by atoms with Crippen molar-refractivity contribution in [1.29, 1.82) is 0 Å². The highest BCUT2D eigenvalue weighted by atomic mass is 19.3. The highest BCUT2D eigenvalue weighted by Gasteiger charge is 2.46. The van der Waals surface area contributed by atoms with Gasteiger partial charge >= 0.3 is 0 Å². The van der Waals surface area contributed by atoms with Gasteiger partial charge in [0.25, 0.3) is 17.4 Å². The maximum Gasteiger partial charge on any atom is 0.262 e. The molecule has 2 fully saturated rings. The van der Waals surface area contributed by atoms with Crippen LogP contribution in [0.3, 0.4) is 0 Å². The van der Waals surface area contributed by atoms with Gasteiger partial charge in [0.1, 0.15) is 17.2 Å². The van der Waals surface area contributed by atoms with Gasteiger partial charge in [0.15, 0.2) is 0 Å². The number of pyridine rings is 1. The summed E-state index contributed by atoms with van der Waals surface area (Å²) in [6.07, 6.45) is 2.85. The molecule has 0 bridgehead atoms. The number of aromatic nitrogens is 1. The maximum absolute atomic E-state index is 14.0. The molecule has 1 amide bonds. The molecule has 1 atom stereocenters. The summed E-state index contributed by atoms with van der Waals surface area (Å²) >= 11 is 0. The van der Waals surface area contributed by atoms with Crippen LogP contribution in [-0.2, 0) is 0 Å². The van der Waals surface area contributed by atoms with E-state index in [0.717, 1.165) is 37.5 Å². The van der Waals surface area contributed by atoms with Crippen molar-refractivity contribution in [3.63, 3.8) is 0 Å². The minimum atomic E-state index is -2.83. The molecule has 2 aliphatic rings. The number of nitrogens with two attached hydrogens (primary N) is 1. The monoisotopic (exact) mass is 466 g/mol. The number of alkyl halides is 2. The van der Waals surface area contributed by atoms with E-state index in [9.17, 15) is 27.2 Å². The van der Waals surface area contributed by atoms with Crippen LogP contribution in [0.25, 0.3) is 11.1 Å². The highest BCUT2D eigenvalue weighted by Crippen LogP contribution is 2.39. The molecular formula is C23H26F4N4O2. The predicted octanol–water partition coefficient (Wildman–Crippen LogP) is 3.41. The number of aromatic amines is 1. The van der Waals surface area contributed by atoms with Gasteiger partial charge in [-0.15, -0.1) is 0 Å². The Morgan fingerprint density at radius 2 is 1.91 bits per heavy atom. The molecule has 0 radical (unpaired) electrons. The van der Waals surface area contributed by atoms with Gasteiger partial charge in [-0.05, 0) is 49.4 Å². The zero-order valence-electron chi connectivity index (χ0n) is 18.0. The average molecular weight is 466 g/mol. The molecule has 6 nitrogen and oxygen atoms in total. The molecule has 1 saturated carbocycles. The minimum absolute atomic E-state index is 0.161. The van der Waals surface area contributed by atoms with Crippen LogP contribution in [0.4, 0.5) is 23.2 Å². The number of halogens is 4. The highest BCUT2D eigenvalue weighted by molar-refractivity contribution is 6.03. The van der Waals surface area contributed by atoms with Gasteiger partial charge in [-0.3, -0.25) is 9.59 Å². The van der Waals surface area contributed by atoms with E-state index in [1.54, 1.807) is 0 Å². The normalized spacial score (nSPS) is 20.0. The van der Waals surface area contributed by atoms with Crippen LogP contribution in [0.5, 0.6) is 0 Å². The van der Waals surface area contributed by atoms with Gasteiger partial charge in [-0.25, -0.2) is 17.6 Å². The Bertz CT molecular complexity index is 1080. The number of nitrogens with one attached hydrogen (secondary N) is 2. The molecule has 10 heteroatoms. The molecule has 2 heterocycles. The van der Waals surface area contributed by atoms with Crippen molar-refractivity contribution < 1.29 is 22.4 Å². The van der Waals surface area contributed by atoms with Crippen LogP contribution < -0.4 is 21.5 Å². The van der Waals surface area contributed by atoms with Gasteiger partial charge < -0.3 is 20.9 Å². The third-order valence-electron chi connectivity index (χ3n) is 6.31. The Hall–Kier alpha value is -2.88. The molecule has 4 rings (SSSR count). The zero-order valence-corrected chi connectivity index (χ0v) is 18.0. The molecule has 4 N–H and O–H groups in total. The van der Waals surface area contributed by atoms with Crippen LogP contribution in [-0.4, -0.2) is 42.5 Å². The van der Waals surface area contributed by atoms with E-state index < -0.39 is 47.9 Å². The Balaban J connectivity index is 1.75. The maximum atomic E-state index is 14.0. The average Bonchev–Trinajstić information content (AvgIpc) is 3.18. The third-order valence-corrected chi connectivity index (χ3v) is 6.31. The predicted molar refractivity (Wildman–Crippen MR) is 116 cm³/mol. The molecule has 1 aliphatic carbocycles. The lowest BCUT2D eigenvalue weighted by Crippen LogP contribution is -2.51.